The van der Waals surface area contributed by atoms with Crippen molar-refractivity contribution in [1.82, 2.24) is 9.78 Å². The molecule has 7 heteroatoms. The van der Waals surface area contributed by atoms with Crippen molar-refractivity contribution in [2.75, 3.05) is 18.2 Å². The van der Waals surface area contributed by atoms with Crippen LogP contribution >= 0.6 is 0 Å². The molecule has 0 saturated carbocycles. The number of carbonyl (C=O) groups is 1. The van der Waals surface area contributed by atoms with E-state index in [0.717, 1.165) is 11.3 Å². The molecule has 3 aromatic rings. The van der Waals surface area contributed by atoms with E-state index < -0.39 is 6.09 Å². The van der Waals surface area contributed by atoms with Crippen LogP contribution in [0.3, 0.4) is 0 Å². The Kier molecular flexibility index (Phi) is 5.77. The SMILES string of the molecule is COc1cc(NC(=O)OCc2ccccc2)ccc1-n1nc(C(C)(C)C)cc1N. The predicted molar refractivity (Wildman–Crippen MR) is 113 cm³/mol. The van der Waals surface area contributed by atoms with Crippen LogP contribution in [0, 0.1) is 0 Å². The van der Waals surface area contributed by atoms with Crippen molar-refractivity contribution < 1.29 is 14.3 Å². The highest BCUT2D eigenvalue weighted by molar-refractivity contribution is 5.85. The third-order valence-corrected chi connectivity index (χ3v) is 4.37. The maximum atomic E-state index is 12.1. The molecule has 0 fully saturated rings. The Hall–Kier alpha value is -3.48. The number of nitrogens with one attached hydrogen (secondary N) is 1. The van der Waals surface area contributed by atoms with Crippen LogP contribution in [-0.2, 0) is 16.8 Å². The highest BCUT2D eigenvalue weighted by Crippen LogP contribution is 2.31. The maximum Gasteiger partial charge on any atom is 0.411 e. The predicted octanol–water partition coefficient (Wildman–Crippen LogP) is 4.51. The Bertz CT molecular complexity index is 991. The monoisotopic (exact) mass is 394 g/mol. The summed E-state index contributed by atoms with van der Waals surface area (Å²) in [4.78, 5) is 12.1. The van der Waals surface area contributed by atoms with Crippen molar-refractivity contribution in [3.8, 4) is 11.4 Å². The lowest BCUT2D eigenvalue weighted by Crippen LogP contribution is -2.14. The van der Waals surface area contributed by atoms with Crippen LogP contribution in [0.5, 0.6) is 5.75 Å². The Morgan fingerprint density at radius 1 is 1.14 bits per heavy atom. The number of hydrogen-bond acceptors (Lipinski definition) is 5. The van der Waals surface area contributed by atoms with Crippen LogP contribution in [0.1, 0.15) is 32.0 Å². The first-order valence-corrected chi connectivity index (χ1v) is 9.30. The van der Waals surface area contributed by atoms with E-state index in [1.807, 2.05) is 36.4 Å². The van der Waals surface area contributed by atoms with Gasteiger partial charge in [0.25, 0.3) is 0 Å². The van der Waals surface area contributed by atoms with Crippen molar-refractivity contribution >= 4 is 17.6 Å². The van der Waals surface area contributed by atoms with Gasteiger partial charge in [-0.25, -0.2) is 9.48 Å². The van der Waals surface area contributed by atoms with Crippen molar-refractivity contribution in [2.24, 2.45) is 0 Å². The number of carbonyl (C=O) groups excluding carboxylic acids is 1. The second-order valence-electron chi connectivity index (χ2n) is 7.69. The number of nitrogens with zero attached hydrogens (tertiary/aromatic N) is 2. The fourth-order valence-corrected chi connectivity index (χ4v) is 2.76. The van der Waals surface area contributed by atoms with Crippen molar-refractivity contribution in [1.29, 1.82) is 0 Å². The summed E-state index contributed by atoms with van der Waals surface area (Å²) in [6, 6.07) is 16.6. The van der Waals surface area contributed by atoms with Gasteiger partial charge in [0.05, 0.1) is 12.8 Å². The molecule has 3 N–H and O–H groups in total. The van der Waals surface area contributed by atoms with Gasteiger partial charge in [-0.1, -0.05) is 51.1 Å². The molecule has 0 aliphatic rings. The molecule has 3 rings (SSSR count). The quantitative estimate of drug-likeness (QED) is 0.664. The van der Waals surface area contributed by atoms with Gasteiger partial charge >= 0.3 is 6.09 Å². The first kappa shape index (κ1) is 20.3. The molecule has 1 aromatic heterocycles. The molecule has 0 saturated heterocycles. The first-order chi connectivity index (χ1) is 13.8. The number of methoxy groups -OCH3 is 1. The van der Waals surface area contributed by atoms with Gasteiger partial charge in [0, 0.05) is 23.2 Å². The molecule has 1 amide bonds. The number of anilines is 2. The number of benzene rings is 2. The zero-order chi connectivity index (χ0) is 21.0. The van der Waals surface area contributed by atoms with Crippen LogP contribution in [0.2, 0.25) is 0 Å². The summed E-state index contributed by atoms with van der Waals surface area (Å²) in [5, 5.41) is 7.32. The zero-order valence-corrected chi connectivity index (χ0v) is 17.1. The number of nitrogens with two attached hydrogens (primary N) is 1. The van der Waals surface area contributed by atoms with Crippen LogP contribution < -0.4 is 15.8 Å². The minimum atomic E-state index is -0.544. The number of rotatable bonds is 5. The van der Waals surface area contributed by atoms with E-state index in [-0.39, 0.29) is 12.0 Å². The molecule has 7 nitrogen and oxygen atoms in total. The van der Waals surface area contributed by atoms with E-state index in [1.54, 1.807) is 30.0 Å². The minimum absolute atomic E-state index is 0.128. The standard InChI is InChI=1S/C22H26N4O3/c1-22(2,3)19-13-20(23)26(25-19)17-11-10-16(12-18(17)28-4)24-21(27)29-14-15-8-6-5-7-9-15/h5-13H,14,23H2,1-4H3,(H,24,27). The van der Waals surface area contributed by atoms with Gasteiger partial charge in [-0.05, 0) is 17.7 Å². The van der Waals surface area contributed by atoms with Gasteiger partial charge < -0.3 is 15.2 Å². The zero-order valence-electron chi connectivity index (χ0n) is 17.1. The normalized spacial score (nSPS) is 11.2. The lowest BCUT2D eigenvalue weighted by Gasteiger charge is -2.15. The lowest BCUT2D eigenvalue weighted by molar-refractivity contribution is 0.155. The molecule has 1 heterocycles. The Balaban J connectivity index is 1.75. The molecule has 0 spiro atoms. The Morgan fingerprint density at radius 3 is 2.48 bits per heavy atom. The van der Waals surface area contributed by atoms with Crippen LogP contribution in [0.15, 0.2) is 54.6 Å². The number of hydrogen-bond donors (Lipinski definition) is 2. The average Bonchev–Trinajstić information content (AvgIpc) is 3.09. The highest BCUT2D eigenvalue weighted by Gasteiger charge is 2.21. The summed E-state index contributed by atoms with van der Waals surface area (Å²) in [6.45, 7) is 6.42. The van der Waals surface area contributed by atoms with Crippen LogP contribution in [0.25, 0.3) is 5.69 Å². The molecular weight excluding hydrogens is 368 g/mol. The minimum Gasteiger partial charge on any atom is -0.494 e. The van der Waals surface area contributed by atoms with Crippen LogP contribution in [0.4, 0.5) is 16.3 Å². The summed E-state index contributed by atoms with van der Waals surface area (Å²) in [5.74, 6) is 1.04. The van der Waals surface area contributed by atoms with Gasteiger partial charge in [0.1, 0.15) is 23.9 Å². The van der Waals surface area contributed by atoms with Crippen molar-refractivity contribution in [3.63, 3.8) is 0 Å². The average molecular weight is 394 g/mol. The number of nitrogen functional groups attached to an aromatic ring is 1. The summed E-state index contributed by atoms with van der Waals surface area (Å²) in [5.41, 5.74) is 9.06. The van der Waals surface area contributed by atoms with Gasteiger partial charge in [0.15, 0.2) is 0 Å². The highest BCUT2D eigenvalue weighted by atomic mass is 16.5. The molecule has 2 aromatic carbocycles. The van der Waals surface area contributed by atoms with Gasteiger partial charge in [-0.15, -0.1) is 0 Å². The van der Waals surface area contributed by atoms with Crippen molar-refractivity contribution in [2.45, 2.75) is 32.8 Å². The summed E-state index contributed by atoms with van der Waals surface area (Å²) in [6.07, 6.45) is -0.544. The van der Waals surface area contributed by atoms with E-state index in [0.29, 0.717) is 22.9 Å². The summed E-state index contributed by atoms with van der Waals surface area (Å²) < 4.78 is 12.4. The van der Waals surface area contributed by atoms with E-state index in [4.69, 9.17) is 15.2 Å². The van der Waals surface area contributed by atoms with Gasteiger partial charge in [0.2, 0.25) is 0 Å². The summed E-state index contributed by atoms with van der Waals surface area (Å²) >= 11 is 0. The number of aromatic nitrogens is 2. The topological polar surface area (TPSA) is 91.4 Å². The third-order valence-electron chi connectivity index (χ3n) is 4.37. The van der Waals surface area contributed by atoms with E-state index >= 15 is 0 Å². The first-order valence-electron chi connectivity index (χ1n) is 9.30. The maximum absolute atomic E-state index is 12.1. The third kappa shape index (κ3) is 4.87. The molecule has 0 unspecified atom stereocenters. The lowest BCUT2D eigenvalue weighted by atomic mass is 9.92. The van der Waals surface area contributed by atoms with E-state index in [2.05, 4.69) is 31.2 Å². The smallest absolute Gasteiger partial charge is 0.411 e. The van der Waals surface area contributed by atoms with E-state index in [1.165, 1.54) is 0 Å². The number of ether oxygens (including phenoxy) is 2. The summed E-state index contributed by atoms with van der Waals surface area (Å²) in [7, 11) is 1.56. The fourth-order valence-electron chi connectivity index (χ4n) is 2.76. The van der Waals surface area contributed by atoms with Crippen LogP contribution in [-0.4, -0.2) is 23.0 Å². The Labute approximate surface area is 170 Å². The second kappa shape index (κ2) is 8.26. The molecule has 29 heavy (non-hydrogen) atoms. The van der Waals surface area contributed by atoms with E-state index in [9.17, 15) is 4.79 Å². The molecule has 152 valence electrons. The molecule has 0 bridgehead atoms. The van der Waals surface area contributed by atoms with Gasteiger partial charge in [-0.2, -0.15) is 5.10 Å². The molecule has 0 aliphatic heterocycles. The fraction of sp³-hybridized carbons (Fsp3) is 0.273. The molecule has 0 radical (unpaired) electrons. The molecule has 0 atom stereocenters. The molecule has 0 aliphatic carbocycles. The molecular formula is C22H26N4O3. The second-order valence-corrected chi connectivity index (χ2v) is 7.69. The largest absolute Gasteiger partial charge is 0.494 e. The van der Waals surface area contributed by atoms with Gasteiger partial charge in [-0.3, -0.25) is 5.32 Å². The number of amides is 1. The Morgan fingerprint density at radius 2 is 1.86 bits per heavy atom. The van der Waals surface area contributed by atoms with Crippen molar-refractivity contribution in [3.05, 3.63) is 65.9 Å².